The lowest BCUT2D eigenvalue weighted by Gasteiger charge is -2.47. The summed E-state index contributed by atoms with van der Waals surface area (Å²) in [6, 6.07) is 1.78. The van der Waals surface area contributed by atoms with Crippen LogP contribution in [0.15, 0.2) is 6.07 Å². The smallest absolute Gasteiger partial charge is 0.329 e. The fourth-order valence-electron chi connectivity index (χ4n) is 2.12. The number of carboxylic acid groups (broad SMARTS) is 1. The largest absolute Gasteiger partial charge is 0.480 e. The zero-order valence-corrected chi connectivity index (χ0v) is 11.9. The number of carbonyl (C=O) groups is 1. The predicted molar refractivity (Wildman–Crippen MR) is 72.1 cm³/mol. The van der Waals surface area contributed by atoms with Crippen LogP contribution in [0.25, 0.3) is 0 Å². The molecule has 110 valence electrons. The minimum Gasteiger partial charge on any atom is -0.480 e. The van der Waals surface area contributed by atoms with Crippen LogP contribution in [-0.4, -0.2) is 52.9 Å². The lowest BCUT2D eigenvalue weighted by molar-refractivity contribution is -0.150. The van der Waals surface area contributed by atoms with Crippen LogP contribution in [0.3, 0.4) is 0 Å². The standard InChI is InChI=1S/C13H19N3O4/c1-4-19-10-5-9(2)14-12(15-10)16-7-13(3,8-16)20-6-11(17)18/h5H,4,6-8H2,1-3H3,(H,17,18). The van der Waals surface area contributed by atoms with E-state index in [1.54, 1.807) is 6.07 Å². The molecule has 2 heterocycles. The maximum atomic E-state index is 10.5. The number of ether oxygens (including phenoxy) is 2. The van der Waals surface area contributed by atoms with Crippen molar-refractivity contribution in [1.29, 1.82) is 0 Å². The average molecular weight is 281 g/mol. The molecule has 7 heteroatoms. The quantitative estimate of drug-likeness (QED) is 0.827. The molecular weight excluding hydrogens is 262 g/mol. The summed E-state index contributed by atoms with van der Waals surface area (Å²) >= 11 is 0. The highest BCUT2D eigenvalue weighted by molar-refractivity contribution is 5.68. The minimum absolute atomic E-state index is 0.288. The molecule has 1 aromatic rings. The Morgan fingerprint density at radius 2 is 2.20 bits per heavy atom. The molecule has 0 amide bonds. The number of hydrogen-bond donors (Lipinski definition) is 1. The van der Waals surface area contributed by atoms with E-state index in [-0.39, 0.29) is 6.61 Å². The first-order chi connectivity index (χ1) is 9.42. The van der Waals surface area contributed by atoms with Crippen molar-refractivity contribution in [3.63, 3.8) is 0 Å². The van der Waals surface area contributed by atoms with Crippen LogP contribution in [0, 0.1) is 6.92 Å². The third-order valence-corrected chi connectivity index (χ3v) is 2.99. The van der Waals surface area contributed by atoms with Crippen LogP contribution in [-0.2, 0) is 9.53 Å². The summed E-state index contributed by atoms with van der Waals surface area (Å²) in [7, 11) is 0. The van der Waals surface area contributed by atoms with Gasteiger partial charge in [0.05, 0.1) is 19.7 Å². The van der Waals surface area contributed by atoms with Crippen molar-refractivity contribution >= 4 is 11.9 Å². The van der Waals surface area contributed by atoms with E-state index < -0.39 is 11.6 Å². The van der Waals surface area contributed by atoms with Gasteiger partial charge in [0, 0.05) is 11.8 Å². The van der Waals surface area contributed by atoms with E-state index >= 15 is 0 Å². The van der Waals surface area contributed by atoms with Gasteiger partial charge in [0.15, 0.2) is 0 Å². The zero-order chi connectivity index (χ0) is 14.8. The van der Waals surface area contributed by atoms with Crippen LogP contribution in [0.4, 0.5) is 5.95 Å². The summed E-state index contributed by atoms with van der Waals surface area (Å²) in [6.07, 6.45) is 0. The number of nitrogens with zero attached hydrogens (tertiary/aromatic N) is 3. The van der Waals surface area contributed by atoms with Gasteiger partial charge in [0.1, 0.15) is 12.2 Å². The summed E-state index contributed by atoms with van der Waals surface area (Å²) in [5.74, 6) is 0.176. The van der Waals surface area contributed by atoms with Crippen LogP contribution in [0.5, 0.6) is 5.88 Å². The molecule has 0 atom stereocenters. The Morgan fingerprint density at radius 3 is 2.80 bits per heavy atom. The number of aryl methyl sites for hydroxylation is 1. The highest BCUT2D eigenvalue weighted by atomic mass is 16.5. The number of rotatable bonds is 6. The molecule has 0 spiro atoms. The molecule has 0 aromatic carbocycles. The third-order valence-electron chi connectivity index (χ3n) is 2.99. The SMILES string of the molecule is CCOc1cc(C)nc(N2CC(C)(OCC(=O)O)C2)n1. The van der Waals surface area contributed by atoms with Gasteiger partial charge >= 0.3 is 5.97 Å². The van der Waals surface area contributed by atoms with Gasteiger partial charge in [-0.2, -0.15) is 4.98 Å². The van der Waals surface area contributed by atoms with Gasteiger partial charge in [-0.3, -0.25) is 0 Å². The van der Waals surface area contributed by atoms with E-state index in [2.05, 4.69) is 9.97 Å². The molecule has 0 radical (unpaired) electrons. The lowest BCUT2D eigenvalue weighted by atomic mass is 9.97. The van der Waals surface area contributed by atoms with E-state index in [0.717, 1.165) is 5.69 Å². The van der Waals surface area contributed by atoms with E-state index in [0.29, 0.717) is 31.5 Å². The second kappa shape index (κ2) is 5.62. The Hall–Kier alpha value is -1.89. The van der Waals surface area contributed by atoms with Crippen molar-refractivity contribution in [2.75, 3.05) is 31.2 Å². The van der Waals surface area contributed by atoms with Crippen molar-refractivity contribution in [1.82, 2.24) is 9.97 Å². The van der Waals surface area contributed by atoms with E-state index in [1.165, 1.54) is 0 Å². The summed E-state index contributed by atoms with van der Waals surface area (Å²) in [5.41, 5.74) is 0.371. The van der Waals surface area contributed by atoms with Gasteiger partial charge in [0.2, 0.25) is 11.8 Å². The predicted octanol–water partition coefficient (Wildman–Crippen LogP) is 0.864. The molecule has 7 nitrogen and oxygen atoms in total. The van der Waals surface area contributed by atoms with Gasteiger partial charge in [-0.1, -0.05) is 0 Å². The molecule has 1 saturated heterocycles. The molecule has 1 fully saturated rings. The maximum absolute atomic E-state index is 10.5. The first-order valence-corrected chi connectivity index (χ1v) is 6.51. The van der Waals surface area contributed by atoms with Crippen LogP contribution in [0.2, 0.25) is 0 Å². The van der Waals surface area contributed by atoms with Crippen molar-refractivity contribution in [2.45, 2.75) is 26.4 Å². The molecule has 20 heavy (non-hydrogen) atoms. The van der Waals surface area contributed by atoms with Gasteiger partial charge in [-0.05, 0) is 20.8 Å². The van der Waals surface area contributed by atoms with E-state index in [1.807, 2.05) is 25.7 Å². The number of aliphatic carboxylic acids is 1. The molecule has 1 aliphatic rings. The third kappa shape index (κ3) is 3.36. The van der Waals surface area contributed by atoms with Gasteiger partial charge in [0.25, 0.3) is 0 Å². The summed E-state index contributed by atoms with van der Waals surface area (Å²) in [5, 5.41) is 8.63. The summed E-state index contributed by atoms with van der Waals surface area (Å²) in [6.45, 7) is 7.06. The maximum Gasteiger partial charge on any atom is 0.329 e. The number of anilines is 1. The van der Waals surface area contributed by atoms with Gasteiger partial charge in [-0.25, -0.2) is 9.78 Å². The number of carboxylic acids is 1. The topological polar surface area (TPSA) is 84.8 Å². The second-order valence-corrected chi connectivity index (χ2v) is 5.07. The lowest BCUT2D eigenvalue weighted by Crippen LogP contribution is -2.62. The Kier molecular flexibility index (Phi) is 4.08. The minimum atomic E-state index is -0.963. The van der Waals surface area contributed by atoms with Crippen LogP contribution < -0.4 is 9.64 Å². The normalized spacial score (nSPS) is 16.6. The molecule has 1 N–H and O–H groups in total. The van der Waals surface area contributed by atoms with Crippen LogP contribution in [0.1, 0.15) is 19.5 Å². The molecule has 2 rings (SSSR count). The van der Waals surface area contributed by atoms with Crippen molar-refractivity contribution in [3.8, 4) is 5.88 Å². The molecule has 0 bridgehead atoms. The molecule has 1 aliphatic heterocycles. The molecule has 0 aliphatic carbocycles. The summed E-state index contributed by atoms with van der Waals surface area (Å²) < 4.78 is 10.7. The highest BCUT2D eigenvalue weighted by Gasteiger charge is 2.41. The monoisotopic (exact) mass is 281 g/mol. The Balaban J connectivity index is 1.99. The number of hydrogen-bond acceptors (Lipinski definition) is 6. The van der Waals surface area contributed by atoms with Crippen LogP contribution >= 0.6 is 0 Å². The number of aromatic nitrogens is 2. The Labute approximate surface area is 117 Å². The fourth-order valence-corrected chi connectivity index (χ4v) is 2.12. The average Bonchev–Trinajstić information content (AvgIpc) is 2.32. The molecule has 0 unspecified atom stereocenters. The van der Waals surface area contributed by atoms with E-state index in [9.17, 15) is 4.79 Å². The molecular formula is C13H19N3O4. The highest BCUT2D eigenvalue weighted by Crippen LogP contribution is 2.29. The first kappa shape index (κ1) is 14.5. The van der Waals surface area contributed by atoms with Gasteiger partial charge < -0.3 is 19.5 Å². The van der Waals surface area contributed by atoms with Crippen molar-refractivity contribution in [3.05, 3.63) is 11.8 Å². The fraction of sp³-hybridized carbons (Fsp3) is 0.615. The zero-order valence-electron chi connectivity index (χ0n) is 11.9. The van der Waals surface area contributed by atoms with Crippen molar-refractivity contribution < 1.29 is 19.4 Å². The van der Waals surface area contributed by atoms with Gasteiger partial charge in [-0.15, -0.1) is 0 Å². The van der Waals surface area contributed by atoms with Crippen molar-refractivity contribution in [2.24, 2.45) is 0 Å². The molecule has 0 saturated carbocycles. The second-order valence-electron chi connectivity index (χ2n) is 5.07. The first-order valence-electron chi connectivity index (χ1n) is 6.51. The molecule has 1 aromatic heterocycles. The Morgan fingerprint density at radius 1 is 1.50 bits per heavy atom. The van der Waals surface area contributed by atoms with E-state index in [4.69, 9.17) is 14.6 Å². The Bertz CT molecular complexity index is 500. The summed E-state index contributed by atoms with van der Waals surface area (Å²) in [4.78, 5) is 21.1.